The lowest BCUT2D eigenvalue weighted by Crippen LogP contribution is -1.94. The molecule has 0 aliphatic heterocycles. The van der Waals surface area contributed by atoms with E-state index in [0.717, 1.165) is 27.8 Å². The number of benzene rings is 2. The molecule has 2 nitrogen and oxygen atoms in total. The van der Waals surface area contributed by atoms with Gasteiger partial charge >= 0.3 is 0 Å². The van der Waals surface area contributed by atoms with Crippen LogP contribution in [0.15, 0.2) is 46.9 Å². The van der Waals surface area contributed by atoms with Crippen molar-refractivity contribution in [2.24, 2.45) is 0 Å². The molecule has 0 fully saturated rings. The molecule has 0 aromatic heterocycles. The van der Waals surface area contributed by atoms with E-state index in [1.54, 1.807) is 6.07 Å². The summed E-state index contributed by atoms with van der Waals surface area (Å²) in [4.78, 5) is 0. The Hall–Kier alpha value is -1.79. The number of rotatable bonds is 4. The van der Waals surface area contributed by atoms with E-state index in [0.29, 0.717) is 12.2 Å². The van der Waals surface area contributed by atoms with Crippen molar-refractivity contribution in [1.82, 2.24) is 0 Å². The fourth-order valence-corrected chi connectivity index (χ4v) is 2.30. The molecule has 0 radical (unpaired) electrons. The minimum atomic E-state index is 0.643. The van der Waals surface area contributed by atoms with Gasteiger partial charge in [0.15, 0.2) is 0 Å². The average Bonchev–Trinajstić information content (AvgIpc) is 2.44. The van der Waals surface area contributed by atoms with Crippen LogP contribution in [0.5, 0.6) is 5.75 Å². The second-order valence-corrected chi connectivity index (χ2v) is 5.13. The van der Waals surface area contributed by atoms with Crippen LogP contribution in [0.25, 0.3) is 11.1 Å². The van der Waals surface area contributed by atoms with E-state index in [1.807, 2.05) is 36.4 Å². The van der Waals surface area contributed by atoms with Gasteiger partial charge in [0.2, 0.25) is 0 Å². The van der Waals surface area contributed by atoms with Crippen LogP contribution in [0, 0.1) is 11.3 Å². The van der Waals surface area contributed by atoms with E-state index in [4.69, 9.17) is 10.00 Å². The summed E-state index contributed by atoms with van der Waals surface area (Å²) in [6.07, 6.45) is 0.986. The molecule has 0 saturated heterocycles. The zero-order valence-electron chi connectivity index (χ0n) is 10.7. The highest BCUT2D eigenvalue weighted by Gasteiger charge is 2.03. The lowest BCUT2D eigenvalue weighted by atomic mass is 10.0. The van der Waals surface area contributed by atoms with Crippen LogP contribution >= 0.6 is 15.9 Å². The summed E-state index contributed by atoms with van der Waals surface area (Å²) < 4.78 is 6.53. The van der Waals surface area contributed by atoms with Gasteiger partial charge in [0.05, 0.1) is 18.2 Å². The number of nitriles is 1. The summed E-state index contributed by atoms with van der Waals surface area (Å²) in [6.45, 7) is 2.79. The maximum absolute atomic E-state index is 9.01. The Bertz CT molecular complexity index is 616. The molecule has 0 saturated carbocycles. The minimum Gasteiger partial charge on any atom is -0.494 e. The number of nitrogens with zero attached hydrogens (tertiary/aromatic N) is 1. The molecule has 0 aliphatic rings. The first-order valence-corrected chi connectivity index (χ1v) is 6.96. The van der Waals surface area contributed by atoms with Gasteiger partial charge in [0.25, 0.3) is 0 Å². The zero-order chi connectivity index (χ0) is 13.7. The van der Waals surface area contributed by atoms with Gasteiger partial charge in [-0.3, -0.25) is 0 Å². The van der Waals surface area contributed by atoms with Crippen molar-refractivity contribution in [2.75, 3.05) is 6.61 Å². The van der Waals surface area contributed by atoms with Crippen LogP contribution in [0.4, 0.5) is 0 Å². The van der Waals surface area contributed by atoms with E-state index in [2.05, 4.69) is 28.9 Å². The Balaban J connectivity index is 2.36. The van der Waals surface area contributed by atoms with E-state index in [-0.39, 0.29) is 0 Å². The van der Waals surface area contributed by atoms with Gasteiger partial charge in [-0.25, -0.2) is 0 Å². The predicted octanol–water partition coefficient (Wildman–Crippen LogP) is 4.78. The normalized spacial score (nSPS) is 9.95. The fourth-order valence-electron chi connectivity index (χ4n) is 1.81. The summed E-state index contributed by atoms with van der Waals surface area (Å²) in [5.41, 5.74) is 2.70. The first-order chi connectivity index (χ1) is 9.22. The number of hydrogen-bond acceptors (Lipinski definition) is 2. The van der Waals surface area contributed by atoms with Gasteiger partial charge in [-0.15, -0.1) is 0 Å². The molecule has 0 aliphatic carbocycles. The van der Waals surface area contributed by atoms with Crippen LogP contribution in [0.1, 0.15) is 18.9 Å². The van der Waals surface area contributed by atoms with E-state index < -0.39 is 0 Å². The van der Waals surface area contributed by atoms with Crippen LogP contribution in [0.2, 0.25) is 0 Å². The van der Waals surface area contributed by atoms with Crippen molar-refractivity contribution in [3.63, 3.8) is 0 Å². The molecular formula is C16H14BrNO. The van der Waals surface area contributed by atoms with Crippen LogP contribution in [0.3, 0.4) is 0 Å². The molecule has 0 unspecified atom stereocenters. The van der Waals surface area contributed by atoms with E-state index >= 15 is 0 Å². The topological polar surface area (TPSA) is 33.0 Å². The molecule has 0 spiro atoms. The predicted molar refractivity (Wildman–Crippen MR) is 80.1 cm³/mol. The third-order valence-corrected chi connectivity index (χ3v) is 3.12. The Morgan fingerprint density at radius 2 is 2.00 bits per heavy atom. The summed E-state index contributed by atoms with van der Waals surface area (Å²) in [5.74, 6) is 0.859. The number of ether oxygens (including phenoxy) is 1. The van der Waals surface area contributed by atoms with Crippen LogP contribution < -0.4 is 4.74 Å². The average molecular weight is 316 g/mol. The summed E-state index contributed by atoms with van der Waals surface area (Å²) in [6, 6.07) is 15.8. The Morgan fingerprint density at radius 3 is 2.74 bits per heavy atom. The third kappa shape index (κ3) is 3.59. The summed E-state index contributed by atoms with van der Waals surface area (Å²) in [7, 11) is 0. The Kier molecular flexibility index (Phi) is 4.59. The molecule has 0 heterocycles. The molecular weight excluding hydrogens is 302 g/mol. The molecule has 19 heavy (non-hydrogen) atoms. The van der Waals surface area contributed by atoms with Crippen molar-refractivity contribution in [3.05, 3.63) is 52.5 Å². The summed E-state index contributed by atoms with van der Waals surface area (Å²) in [5, 5.41) is 9.01. The van der Waals surface area contributed by atoms with Crippen LogP contribution in [-0.2, 0) is 0 Å². The molecule has 0 bridgehead atoms. The highest BCUT2D eigenvalue weighted by Crippen LogP contribution is 2.27. The quantitative estimate of drug-likeness (QED) is 0.813. The largest absolute Gasteiger partial charge is 0.494 e. The highest BCUT2D eigenvalue weighted by atomic mass is 79.9. The van der Waals surface area contributed by atoms with E-state index in [1.165, 1.54) is 0 Å². The van der Waals surface area contributed by atoms with Gasteiger partial charge < -0.3 is 4.74 Å². The molecule has 2 rings (SSSR count). The maximum atomic E-state index is 9.01. The second-order valence-electron chi connectivity index (χ2n) is 4.22. The Morgan fingerprint density at radius 1 is 1.16 bits per heavy atom. The van der Waals surface area contributed by atoms with Gasteiger partial charge in [-0.1, -0.05) is 35.0 Å². The minimum absolute atomic E-state index is 0.643. The highest BCUT2D eigenvalue weighted by molar-refractivity contribution is 9.10. The van der Waals surface area contributed by atoms with Gasteiger partial charge in [0, 0.05) is 4.47 Å². The third-order valence-electron chi connectivity index (χ3n) is 2.67. The van der Waals surface area contributed by atoms with Gasteiger partial charge in [-0.05, 0) is 47.9 Å². The van der Waals surface area contributed by atoms with Gasteiger partial charge in [-0.2, -0.15) is 5.26 Å². The molecule has 3 heteroatoms. The SMILES string of the molecule is CCCOc1cccc(-c2cc(Br)cc(C#N)c2)c1. The zero-order valence-corrected chi connectivity index (χ0v) is 12.3. The molecule has 0 amide bonds. The standard InChI is InChI=1S/C16H14BrNO/c1-2-6-19-16-5-3-4-13(10-16)14-7-12(11-18)8-15(17)9-14/h3-5,7-10H,2,6H2,1H3. The van der Waals surface area contributed by atoms with Crippen molar-refractivity contribution in [3.8, 4) is 22.9 Å². The maximum Gasteiger partial charge on any atom is 0.119 e. The molecule has 96 valence electrons. The lowest BCUT2D eigenvalue weighted by molar-refractivity contribution is 0.317. The smallest absolute Gasteiger partial charge is 0.119 e. The Labute approximate surface area is 121 Å². The van der Waals surface area contributed by atoms with Crippen molar-refractivity contribution in [1.29, 1.82) is 5.26 Å². The monoisotopic (exact) mass is 315 g/mol. The first-order valence-electron chi connectivity index (χ1n) is 6.17. The fraction of sp³-hybridized carbons (Fsp3) is 0.188. The number of halogens is 1. The lowest BCUT2D eigenvalue weighted by Gasteiger charge is -2.08. The van der Waals surface area contributed by atoms with Crippen LogP contribution in [-0.4, -0.2) is 6.61 Å². The van der Waals surface area contributed by atoms with Crippen molar-refractivity contribution in [2.45, 2.75) is 13.3 Å². The van der Waals surface area contributed by atoms with Crippen molar-refractivity contribution < 1.29 is 4.74 Å². The second kappa shape index (κ2) is 6.40. The molecule has 0 N–H and O–H groups in total. The van der Waals surface area contributed by atoms with Gasteiger partial charge in [0.1, 0.15) is 5.75 Å². The van der Waals surface area contributed by atoms with E-state index in [9.17, 15) is 0 Å². The first kappa shape index (κ1) is 13.6. The summed E-state index contributed by atoms with van der Waals surface area (Å²) >= 11 is 3.43. The molecule has 2 aromatic carbocycles. The van der Waals surface area contributed by atoms with Crippen molar-refractivity contribution >= 4 is 15.9 Å². The molecule has 0 atom stereocenters. The number of hydrogen-bond donors (Lipinski definition) is 0. The molecule has 2 aromatic rings.